The second-order valence-corrected chi connectivity index (χ2v) is 0.552. The largest absolute Gasteiger partial charge is 0.444 e. The summed E-state index contributed by atoms with van der Waals surface area (Å²) in [5.74, 6) is 1.32. The van der Waals surface area contributed by atoms with Crippen molar-refractivity contribution in [2.24, 2.45) is 5.34 Å². The Bertz CT molecular complexity index is 47.5. The van der Waals surface area contributed by atoms with E-state index in [1.165, 1.54) is 5.98 Å². The van der Waals surface area contributed by atoms with E-state index in [9.17, 15) is 0 Å². The summed E-state index contributed by atoms with van der Waals surface area (Å²) in [5.41, 5.74) is 0. The summed E-state index contributed by atoms with van der Waals surface area (Å²) < 4.78 is 3.81. The number of hydrogen-bond acceptors (Lipinski definition) is 3. The van der Waals surface area contributed by atoms with E-state index >= 15 is 0 Å². The van der Waals surface area contributed by atoms with E-state index < -0.39 is 0 Å². The first-order chi connectivity index (χ1) is 2.91. The molecule has 0 fully saturated rings. The van der Waals surface area contributed by atoms with E-state index in [2.05, 4.69) is 11.3 Å². The van der Waals surface area contributed by atoms with E-state index in [1.54, 1.807) is 0 Å². The molecule has 6 heavy (non-hydrogen) atoms. The smallest absolute Gasteiger partial charge is 0.438 e. The van der Waals surface area contributed by atoms with Gasteiger partial charge in [-0.3, -0.25) is 0 Å². The van der Waals surface area contributed by atoms with Gasteiger partial charge in [0.15, 0.2) is 0 Å². The zero-order valence-electron chi connectivity index (χ0n) is 3.13. The van der Waals surface area contributed by atoms with E-state index in [0.29, 0.717) is 0 Å². The fourth-order valence-corrected chi connectivity index (χ4v) is 0.0679. The molecule has 31 valence electrons. The third-order valence-corrected chi connectivity index (χ3v) is 0.200. The molecule has 0 saturated heterocycles. The van der Waals surface area contributed by atoms with Crippen LogP contribution in [0.1, 0.15) is 0 Å². The van der Waals surface area contributed by atoms with Gasteiger partial charge in [0.05, 0.1) is 0 Å². The van der Waals surface area contributed by atoms with E-state index in [1.807, 2.05) is 5.34 Å². The number of hydrogen-bond donors (Lipinski definition) is 0. The van der Waals surface area contributed by atoms with E-state index in [-0.39, 0.29) is 0 Å². The molecule has 0 amide bonds. The molecule has 0 aliphatic heterocycles. The Labute approximate surface area is 36.2 Å². The van der Waals surface area contributed by atoms with Crippen LogP contribution >= 0.6 is 0 Å². The minimum atomic E-state index is 1.09. The molecule has 0 saturated carbocycles. The Morgan fingerprint density at radius 2 is 2.67 bits per heavy atom. The van der Waals surface area contributed by atoms with Crippen LogP contribution in [0.25, 0.3) is 0 Å². The van der Waals surface area contributed by atoms with Crippen LogP contribution in [0, 0.1) is 4.91 Å². The van der Waals surface area contributed by atoms with Gasteiger partial charge in [0, 0.05) is 0 Å². The van der Waals surface area contributed by atoms with Gasteiger partial charge in [0.1, 0.15) is 5.34 Å². The predicted molar refractivity (Wildman–Crippen MR) is 22.8 cm³/mol. The van der Waals surface area contributed by atoms with Crippen LogP contribution in [0.3, 0.4) is 0 Å². The van der Waals surface area contributed by atoms with Crippen LogP contribution in [-0.4, -0.2) is 7.48 Å². The molecule has 0 N–H and O–H groups in total. The van der Waals surface area contributed by atoms with Gasteiger partial charge in [-0.05, 0) is 0 Å². The van der Waals surface area contributed by atoms with Crippen molar-refractivity contribution in [3.63, 3.8) is 0 Å². The number of rotatable bonds is 3. The second-order valence-electron chi connectivity index (χ2n) is 0.552. The molecule has 0 rings (SSSR count). The lowest BCUT2D eigenvalue weighted by Crippen LogP contribution is -1.82. The van der Waals surface area contributed by atoms with E-state index in [0.717, 1.165) is 7.48 Å². The topological polar surface area (TPSA) is 38.7 Å². The zero-order valence-corrected chi connectivity index (χ0v) is 3.13. The Kier molecular flexibility index (Phi) is 3.65. The highest BCUT2D eigenvalue weighted by molar-refractivity contribution is 6.33. The third kappa shape index (κ3) is 3.20. The predicted octanol–water partition coefficient (Wildman–Crippen LogP) is 0.447. The van der Waals surface area contributed by atoms with Gasteiger partial charge in [0.2, 0.25) is 0 Å². The fourth-order valence-electron chi connectivity index (χ4n) is 0.0679. The van der Waals surface area contributed by atoms with Gasteiger partial charge >= 0.3 is 7.48 Å². The molecule has 0 spiro atoms. The van der Waals surface area contributed by atoms with Gasteiger partial charge in [-0.1, -0.05) is 5.98 Å². The Morgan fingerprint density at radius 1 is 2.00 bits per heavy atom. The summed E-state index contributed by atoms with van der Waals surface area (Å²) in [7, 11) is 1.09. The quantitative estimate of drug-likeness (QED) is 0.215. The van der Waals surface area contributed by atoms with Crippen LogP contribution in [0.5, 0.6) is 0 Å². The molecule has 0 atom stereocenters. The SMILES string of the molecule is C=C[B]ON=O. The maximum Gasteiger partial charge on any atom is 0.444 e. The molecule has 0 aliphatic rings. The van der Waals surface area contributed by atoms with Crippen LogP contribution in [0.2, 0.25) is 0 Å². The highest BCUT2D eigenvalue weighted by atomic mass is 16.7. The first kappa shape index (κ1) is 5.20. The van der Waals surface area contributed by atoms with Crippen LogP contribution in [0.4, 0.5) is 0 Å². The molecule has 0 bridgehead atoms. The van der Waals surface area contributed by atoms with Crippen LogP contribution < -0.4 is 0 Å². The monoisotopic (exact) mass is 84.0 g/mol. The van der Waals surface area contributed by atoms with Crippen molar-refractivity contribution in [2.45, 2.75) is 0 Å². The summed E-state index contributed by atoms with van der Waals surface area (Å²) in [4.78, 5) is 9.01. The summed E-state index contributed by atoms with van der Waals surface area (Å²) >= 11 is 0. The molecular formula is C2H3BNO2. The Hall–Kier alpha value is -0.795. The van der Waals surface area contributed by atoms with Crippen molar-refractivity contribution in [3.8, 4) is 0 Å². The van der Waals surface area contributed by atoms with E-state index in [4.69, 9.17) is 4.91 Å². The van der Waals surface area contributed by atoms with Gasteiger partial charge < -0.3 is 4.76 Å². The van der Waals surface area contributed by atoms with Crippen molar-refractivity contribution in [1.29, 1.82) is 0 Å². The summed E-state index contributed by atoms with van der Waals surface area (Å²) in [6.45, 7) is 3.22. The molecule has 0 aromatic heterocycles. The van der Waals surface area contributed by atoms with Crippen molar-refractivity contribution < 1.29 is 4.76 Å². The number of nitrogens with zero attached hydrogens (tertiary/aromatic N) is 1. The van der Waals surface area contributed by atoms with Crippen molar-refractivity contribution in [1.82, 2.24) is 0 Å². The van der Waals surface area contributed by atoms with Crippen molar-refractivity contribution in [3.05, 3.63) is 17.5 Å². The summed E-state index contributed by atoms with van der Waals surface area (Å²) in [5, 5.41) is 2.05. The maximum absolute atomic E-state index is 9.01. The van der Waals surface area contributed by atoms with Crippen LogP contribution in [0.15, 0.2) is 17.9 Å². The normalized spacial score (nSPS) is 6.00. The Morgan fingerprint density at radius 3 is 2.83 bits per heavy atom. The average molecular weight is 83.9 g/mol. The second kappa shape index (κ2) is 4.20. The lowest BCUT2D eigenvalue weighted by molar-refractivity contribution is 0.362. The van der Waals surface area contributed by atoms with Gasteiger partial charge in [0.25, 0.3) is 0 Å². The van der Waals surface area contributed by atoms with Gasteiger partial charge in [-0.2, -0.15) is 0 Å². The average Bonchev–Trinajstić information content (AvgIpc) is 1.61. The van der Waals surface area contributed by atoms with Crippen LogP contribution in [-0.2, 0) is 4.76 Å². The minimum absolute atomic E-state index is 1.09. The van der Waals surface area contributed by atoms with Crippen molar-refractivity contribution in [2.75, 3.05) is 0 Å². The third-order valence-electron chi connectivity index (χ3n) is 0.200. The first-order valence-electron chi connectivity index (χ1n) is 1.34. The highest BCUT2D eigenvalue weighted by Gasteiger charge is 1.76. The van der Waals surface area contributed by atoms with Gasteiger partial charge in [-0.25, -0.2) is 0 Å². The fraction of sp³-hybridized carbons (Fsp3) is 0. The molecule has 4 heteroatoms. The highest BCUT2D eigenvalue weighted by Crippen LogP contribution is 1.65. The molecule has 1 radical (unpaired) electrons. The molecular weight excluding hydrogens is 80.8 g/mol. The summed E-state index contributed by atoms with van der Waals surface area (Å²) in [6, 6.07) is 0. The molecule has 0 unspecified atom stereocenters. The van der Waals surface area contributed by atoms with Crippen molar-refractivity contribution >= 4 is 7.48 Å². The molecule has 0 aromatic carbocycles. The molecule has 0 heterocycles. The molecule has 0 aromatic rings. The minimum Gasteiger partial charge on any atom is -0.438 e. The lowest BCUT2D eigenvalue weighted by Gasteiger charge is -1.75. The lowest BCUT2D eigenvalue weighted by atomic mass is 10.1. The zero-order chi connectivity index (χ0) is 4.83. The summed E-state index contributed by atoms with van der Waals surface area (Å²) in [6.07, 6.45) is 0. The first-order valence-corrected chi connectivity index (χ1v) is 1.34. The van der Waals surface area contributed by atoms with Gasteiger partial charge in [-0.15, -0.1) is 11.5 Å². The molecule has 0 aliphatic carbocycles. The molecule has 3 nitrogen and oxygen atoms in total. The standard InChI is InChI=1S/C2H3BNO2/c1-2-3-6-4-5/h2H,1H2. The maximum atomic E-state index is 9.01. The Balaban J connectivity index is 2.66.